The summed E-state index contributed by atoms with van der Waals surface area (Å²) in [5.41, 5.74) is 0.529. The minimum atomic E-state index is -0.271. The number of hydrogen-bond acceptors (Lipinski definition) is 2. The number of benzene rings is 1. The van der Waals surface area contributed by atoms with E-state index in [1.807, 2.05) is 6.92 Å². The molecule has 24 heavy (non-hydrogen) atoms. The van der Waals surface area contributed by atoms with Crippen LogP contribution in [-0.2, 0) is 11.3 Å². The molecule has 0 saturated heterocycles. The Morgan fingerprint density at radius 1 is 1.21 bits per heavy atom. The molecule has 0 heterocycles. The summed E-state index contributed by atoms with van der Waals surface area (Å²) in [7, 11) is 0. The van der Waals surface area contributed by atoms with Gasteiger partial charge in [-0.2, -0.15) is 0 Å². The molecule has 2 rings (SSSR count). The van der Waals surface area contributed by atoms with Gasteiger partial charge in [-0.1, -0.05) is 37.5 Å². The molecule has 0 spiro atoms. The molecular weight excluding hydrogens is 307 g/mol. The van der Waals surface area contributed by atoms with E-state index in [-0.39, 0.29) is 24.8 Å². The van der Waals surface area contributed by atoms with E-state index in [0.717, 1.165) is 12.8 Å². The zero-order chi connectivity index (χ0) is 17.2. The topological polar surface area (TPSA) is 65.5 Å². The molecule has 0 radical (unpaired) electrons. The Labute approximate surface area is 143 Å². The fraction of sp³-hybridized carbons (Fsp3) is 0.556. The molecule has 132 valence electrons. The van der Waals surface area contributed by atoms with Crippen molar-refractivity contribution in [3.63, 3.8) is 0 Å². The number of carbonyl (C=O) groups excluding carboxylic acids is 1. The van der Waals surface area contributed by atoms with Crippen molar-refractivity contribution in [3.8, 4) is 0 Å². The molecule has 0 atom stereocenters. The zero-order valence-electron chi connectivity index (χ0n) is 14.3. The van der Waals surface area contributed by atoms with Crippen LogP contribution >= 0.6 is 0 Å². The summed E-state index contributed by atoms with van der Waals surface area (Å²) in [6, 6.07) is 6.86. The normalized spacial score (nSPS) is 15.8. The minimum absolute atomic E-state index is 0.0293. The minimum Gasteiger partial charge on any atom is -0.357 e. The van der Waals surface area contributed by atoms with Crippen molar-refractivity contribution in [2.24, 2.45) is 4.99 Å². The summed E-state index contributed by atoms with van der Waals surface area (Å²) in [6.45, 7) is 3.02. The van der Waals surface area contributed by atoms with Crippen molar-refractivity contribution >= 4 is 11.9 Å². The van der Waals surface area contributed by atoms with Crippen molar-refractivity contribution in [1.82, 2.24) is 16.0 Å². The van der Waals surface area contributed by atoms with Crippen molar-refractivity contribution < 1.29 is 9.18 Å². The molecule has 0 bridgehead atoms. The molecule has 1 aliphatic carbocycles. The molecule has 6 heteroatoms. The second-order valence-electron chi connectivity index (χ2n) is 6.04. The maximum Gasteiger partial charge on any atom is 0.239 e. The molecule has 0 aliphatic heterocycles. The van der Waals surface area contributed by atoms with Crippen molar-refractivity contribution in [3.05, 3.63) is 35.6 Å². The van der Waals surface area contributed by atoms with Gasteiger partial charge in [-0.15, -0.1) is 0 Å². The van der Waals surface area contributed by atoms with E-state index in [0.29, 0.717) is 24.1 Å². The van der Waals surface area contributed by atoms with Crippen LogP contribution in [0.15, 0.2) is 29.3 Å². The second kappa shape index (κ2) is 9.90. The third kappa shape index (κ3) is 6.18. The number of aliphatic imine (C=N–C) groups is 1. The highest BCUT2D eigenvalue weighted by molar-refractivity contribution is 5.86. The number of amides is 1. The molecule has 1 aromatic rings. The van der Waals surface area contributed by atoms with Gasteiger partial charge < -0.3 is 16.0 Å². The first kappa shape index (κ1) is 18.2. The van der Waals surface area contributed by atoms with Crippen LogP contribution in [-0.4, -0.2) is 31.0 Å². The molecule has 1 aromatic carbocycles. The lowest BCUT2D eigenvalue weighted by Crippen LogP contribution is -2.46. The summed E-state index contributed by atoms with van der Waals surface area (Å²) in [6.07, 6.45) is 5.76. The monoisotopic (exact) mass is 334 g/mol. The van der Waals surface area contributed by atoms with E-state index in [2.05, 4.69) is 20.9 Å². The number of guanidine groups is 1. The number of carbonyl (C=O) groups is 1. The summed E-state index contributed by atoms with van der Waals surface area (Å²) in [5.74, 6) is 0.213. The lowest BCUT2D eigenvalue weighted by Gasteiger charge is -2.23. The van der Waals surface area contributed by atoms with E-state index in [1.165, 1.54) is 25.3 Å². The Morgan fingerprint density at radius 3 is 2.67 bits per heavy atom. The standard InChI is InChI=1S/C18H27FN4O/c1-2-20-18(21-12-14-8-6-7-11-16(14)19)22-13-17(24)23-15-9-4-3-5-10-15/h6-8,11,15H,2-5,9-10,12-13H2,1H3,(H,23,24)(H2,20,21,22). The van der Waals surface area contributed by atoms with Gasteiger partial charge in [0.2, 0.25) is 5.91 Å². The Kier molecular flexibility index (Phi) is 7.52. The largest absolute Gasteiger partial charge is 0.357 e. The first-order chi connectivity index (χ1) is 11.7. The van der Waals surface area contributed by atoms with Gasteiger partial charge in [0.15, 0.2) is 5.96 Å². The van der Waals surface area contributed by atoms with E-state index in [4.69, 9.17) is 0 Å². The Bertz CT molecular complexity index is 556. The van der Waals surface area contributed by atoms with Crippen LogP contribution in [0, 0.1) is 5.82 Å². The molecule has 1 saturated carbocycles. The number of halogens is 1. The van der Waals surface area contributed by atoms with E-state index >= 15 is 0 Å². The van der Waals surface area contributed by atoms with Gasteiger partial charge in [-0.05, 0) is 25.8 Å². The van der Waals surface area contributed by atoms with E-state index < -0.39 is 0 Å². The maximum atomic E-state index is 13.6. The lowest BCUT2D eigenvalue weighted by molar-refractivity contribution is -0.120. The molecule has 0 aromatic heterocycles. The lowest BCUT2D eigenvalue weighted by atomic mass is 9.95. The summed E-state index contributed by atoms with van der Waals surface area (Å²) in [5, 5.41) is 9.13. The van der Waals surface area contributed by atoms with Gasteiger partial charge in [-0.3, -0.25) is 4.79 Å². The fourth-order valence-corrected chi connectivity index (χ4v) is 2.82. The molecule has 1 fully saturated rings. The third-order valence-corrected chi connectivity index (χ3v) is 4.10. The number of nitrogens with zero attached hydrogens (tertiary/aromatic N) is 1. The van der Waals surface area contributed by atoms with Crippen molar-refractivity contribution in [2.45, 2.75) is 51.6 Å². The highest BCUT2D eigenvalue weighted by Crippen LogP contribution is 2.17. The van der Waals surface area contributed by atoms with Crippen molar-refractivity contribution in [1.29, 1.82) is 0 Å². The predicted octanol–water partition coefficient (Wildman–Crippen LogP) is 2.33. The van der Waals surface area contributed by atoms with Crippen LogP contribution < -0.4 is 16.0 Å². The Hall–Kier alpha value is -2.11. The SMILES string of the molecule is CCNC(=NCc1ccccc1F)NCC(=O)NC1CCCCC1. The number of hydrogen-bond donors (Lipinski definition) is 3. The zero-order valence-corrected chi connectivity index (χ0v) is 14.3. The van der Waals surface area contributed by atoms with Gasteiger partial charge in [-0.25, -0.2) is 9.38 Å². The summed E-state index contributed by atoms with van der Waals surface area (Å²) in [4.78, 5) is 16.4. The first-order valence-corrected chi connectivity index (χ1v) is 8.74. The predicted molar refractivity (Wildman–Crippen MR) is 94.2 cm³/mol. The van der Waals surface area contributed by atoms with Crippen LogP contribution in [0.25, 0.3) is 0 Å². The first-order valence-electron chi connectivity index (χ1n) is 8.74. The average Bonchev–Trinajstić information content (AvgIpc) is 2.59. The average molecular weight is 334 g/mol. The quantitative estimate of drug-likeness (QED) is 0.553. The van der Waals surface area contributed by atoms with Gasteiger partial charge in [0.1, 0.15) is 5.82 Å². The summed E-state index contributed by atoms with van der Waals surface area (Å²) < 4.78 is 13.6. The van der Waals surface area contributed by atoms with E-state index in [1.54, 1.807) is 18.2 Å². The van der Waals surface area contributed by atoms with Crippen LogP contribution in [0.5, 0.6) is 0 Å². The third-order valence-electron chi connectivity index (χ3n) is 4.10. The van der Waals surface area contributed by atoms with Crippen LogP contribution in [0.2, 0.25) is 0 Å². The smallest absolute Gasteiger partial charge is 0.239 e. The van der Waals surface area contributed by atoms with Gasteiger partial charge >= 0.3 is 0 Å². The van der Waals surface area contributed by atoms with E-state index in [9.17, 15) is 9.18 Å². The van der Waals surface area contributed by atoms with Crippen LogP contribution in [0.4, 0.5) is 4.39 Å². The Morgan fingerprint density at radius 2 is 1.96 bits per heavy atom. The van der Waals surface area contributed by atoms with Gasteiger partial charge in [0.05, 0.1) is 13.1 Å². The van der Waals surface area contributed by atoms with Crippen molar-refractivity contribution in [2.75, 3.05) is 13.1 Å². The molecule has 5 nitrogen and oxygen atoms in total. The highest BCUT2D eigenvalue weighted by atomic mass is 19.1. The molecular formula is C18H27FN4O. The molecule has 1 aliphatic rings. The van der Waals surface area contributed by atoms with Crippen LogP contribution in [0.3, 0.4) is 0 Å². The molecule has 3 N–H and O–H groups in total. The number of nitrogens with one attached hydrogen (secondary N) is 3. The molecule has 0 unspecified atom stereocenters. The van der Waals surface area contributed by atoms with Gasteiger partial charge in [0.25, 0.3) is 0 Å². The summed E-state index contributed by atoms with van der Waals surface area (Å²) >= 11 is 0. The fourth-order valence-electron chi connectivity index (χ4n) is 2.82. The highest BCUT2D eigenvalue weighted by Gasteiger charge is 2.15. The number of rotatable bonds is 6. The van der Waals surface area contributed by atoms with Crippen LogP contribution in [0.1, 0.15) is 44.6 Å². The second-order valence-corrected chi connectivity index (χ2v) is 6.04. The molecule has 1 amide bonds. The Balaban J connectivity index is 1.82. The van der Waals surface area contributed by atoms with Gasteiger partial charge in [0, 0.05) is 18.2 Å². The maximum absolute atomic E-state index is 13.6.